The highest BCUT2D eigenvalue weighted by molar-refractivity contribution is 5.76. The zero-order chi connectivity index (χ0) is 19.0. The van der Waals surface area contributed by atoms with Gasteiger partial charge in [0.05, 0.1) is 0 Å². The Morgan fingerprint density at radius 1 is 1.15 bits per heavy atom. The fourth-order valence-corrected chi connectivity index (χ4v) is 5.07. The maximum atomic E-state index is 12.5. The Balaban J connectivity index is 2.05. The molecule has 1 aliphatic rings. The number of hydrogen-bond donors (Lipinski definition) is 1. The molecule has 2 atom stereocenters. The van der Waals surface area contributed by atoms with Crippen LogP contribution in [0.3, 0.4) is 0 Å². The fourth-order valence-electron chi connectivity index (χ4n) is 5.07. The quantitative estimate of drug-likeness (QED) is 0.727. The highest BCUT2D eigenvalue weighted by atomic mass is 16.2. The molecule has 0 unspecified atom stereocenters. The van der Waals surface area contributed by atoms with E-state index in [1.54, 1.807) is 7.05 Å². The number of nitrogens with one attached hydrogen (secondary N) is 1. The summed E-state index contributed by atoms with van der Waals surface area (Å²) in [6.45, 7) is 11.1. The smallest absolute Gasteiger partial charge is 0.311 e. The Kier molecular flexibility index (Phi) is 3.52. The van der Waals surface area contributed by atoms with E-state index in [0.717, 1.165) is 30.0 Å². The van der Waals surface area contributed by atoms with E-state index in [-0.39, 0.29) is 11.0 Å². The number of hydrogen-bond acceptors (Lipinski definition) is 3. The number of aromatic amines is 1. The van der Waals surface area contributed by atoms with Crippen LogP contribution in [0.5, 0.6) is 0 Å². The Labute approximate surface area is 151 Å². The monoisotopic (exact) mass is 357 g/mol. The summed E-state index contributed by atoms with van der Waals surface area (Å²) in [5.74, 6) is 1.40. The highest BCUT2D eigenvalue weighted by Gasteiger charge is 2.35. The second-order valence-corrected chi connectivity index (χ2v) is 8.85. The van der Waals surface area contributed by atoms with Crippen LogP contribution in [0.25, 0.3) is 16.9 Å². The Hall–Kier alpha value is -2.31. The minimum atomic E-state index is -0.434. The zero-order valence-electron chi connectivity index (χ0n) is 16.4. The Morgan fingerprint density at radius 2 is 1.85 bits per heavy atom. The van der Waals surface area contributed by atoms with Gasteiger partial charge in [-0.2, -0.15) is 4.98 Å². The summed E-state index contributed by atoms with van der Waals surface area (Å²) in [5, 5.41) is 0. The number of nitrogens with zero attached hydrogens (tertiary/aromatic N) is 4. The summed E-state index contributed by atoms with van der Waals surface area (Å²) in [7, 11) is 1.64. The largest absolute Gasteiger partial charge is 0.329 e. The molecule has 3 aromatic heterocycles. The van der Waals surface area contributed by atoms with Crippen LogP contribution in [-0.4, -0.2) is 23.5 Å². The van der Waals surface area contributed by atoms with Crippen molar-refractivity contribution in [1.82, 2.24) is 23.5 Å². The molecule has 0 radical (unpaired) electrons. The molecule has 26 heavy (non-hydrogen) atoms. The second kappa shape index (κ2) is 5.34. The van der Waals surface area contributed by atoms with Crippen molar-refractivity contribution in [1.29, 1.82) is 0 Å². The molecule has 3 heterocycles. The van der Waals surface area contributed by atoms with Crippen LogP contribution in [0.1, 0.15) is 57.5 Å². The lowest BCUT2D eigenvalue weighted by Crippen LogP contribution is -2.30. The van der Waals surface area contributed by atoms with E-state index < -0.39 is 5.69 Å². The van der Waals surface area contributed by atoms with Crippen LogP contribution >= 0.6 is 0 Å². The van der Waals surface area contributed by atoms with Gasteiger partial charge in [0, 0.05) is 24.5 Å². The number of imidazole rings is 2. The summed E-state index contributed by atoms with van der Waals surface area (Å²) < 4.78 is 5.61. The minimum Gasteiger partial charge on any atom is -0.311 e. The number of fused-ring (bicyclic) bond motifs is 3. The average Bonchev–Trinajstić information content (AvgIpc) is 3.00. The van der Waals surface area contributed by atoms with E-state index in [2.05, 4.69) is 37.2 Å². The maximum Gasteiger partial charge on any atom is 0.329 e. The van der Waals surface area contributed by atoms with Crippen molar-refractivity contribution in [2.45, 2.75) is 59.9 Å². The zero-order valence-corrected chi connectivity index (χ0v) is 16.4. The number of aryl methyl sites for hydroxylation is 2. The molecular formula is C19H27N5O2. The SMILES string of the molecule is Cc1c(C)n2c3c(=O)[nH]c(=O)n(C)c3nc2n1[C@H]1C[C@@H](C)CC(C)(C)C1. The molecule has 1 saturated carbocycles. The molecule has 0 aromatic carbocycles. The van der Waals surface area contributed by atoms with E-state index in [0.29, 0.717) is 23.1 Å². The predicted molar refractivity (Wildman–Crippen MR) is 102 cm³/mol. The Bertz CT molecular complexity index is 1140. The van der Waals surface area contributed by atoms with Gasteiger partial charge in [0.25, 0.3) is 5.56 Å². The third-order valence-electron chi connectivity index (χ3n) is 6.06. The van der Waals surface area contributed by atoms with Crippen molar-refractivity contribution in [3.05, 3.63) is 32.2 Å². The molecule has 1 N–H and O–H groups in total. The molecule has 7 heteroatoms. The van der Waals surface area contributed by atoms with Gasteiger partial charge in [0.2, 0.25) is 5.78 Å². The maximum absolute atomic E-state index is 12.5. The van der Waals surface area contributed by atoms with Gasteiger partial charge in [0.15, 0.2) is 11.2 Å². The third-order valence-corrected chi connectivity index (χ3v) is 6.06. The first kappa shape index (κ1) is 17.1. The van der Waals surface area contributed by atoms with Crippen molar-refractivity contribution in [3.8, 4) is 0 Å². The molecule has 1 aliphatic carbocycles. The summed E-state index contributed by atoms with van der Waals surface area (Å²) in [4.78, 5) is 31.6. The standard InChI is InChI=1S/C19H27N5O2/c1-10-7-13(9-19(4,5)8-10)23-11(2)12(3)24-14-15(20-17(23)24)22(6)18(26)21-16(14)25/h10,13H,7-9H2,1-6H3,(H,21,25,26)/t10-,13+/m1/s1. The summed E-state index contributed by atoms with van der Waals surface area (Å²) >= 11 is 0. The van der Waals surface area contributed by atoms with Crippen molar-refractivity contribution >= 4 is 16.9 Å². The number of rotatable bonds is 1. The van der Waals surface area contributed by atoms with Crippen LogP contribution in [0, 0.1) is 25.2 Å². The van der Waals surface area contributed by atoms with Gasteiger partial charge in [-0.25, -0.2) is 4.79 Å². The topological polar surface area (TPSA) is 77.1 Å². The van der Waals surface area contributed by atoms with E-state index in [9.17, 15) is 9.59 Å². The van der Waals surface area contributed by atoms with Crippen molar-refractivity contribution < 1.29 is 0 Å². The lowest BCUT2D eigenvalue weighted by atomic mass is 9.70. The van der Waals surface area contributed by atoms with Gasteiger partial charge in [0.1, 0.15) is 0 Å². The van der Waals surface area contributed by atoms with Crippen LogP contribution in [-0.2, 0) is 7.05 Å². The number of aromatic nitrogens is 5. The molecule has 4 rings (SSSR count). The molecule has 0 spiro atoms. The van der Waals surface area contributed by atoms with E-state index in [1.165, 1.54) is 11.0 Å². The predicted octanol–water partition coefficient (Wildman–Crippen LogP) is 2.68. The first-order valence-electron chi connectivity index (χ1n) is 9.29. The van der Waals surface area contributed by atoms with Gasteiger partial charge < -0.3 is 4.57 Å². The second-order valence-electron chi connectivity index (χ2n) is 8.85. The van der Waals surface area contributed by atoms with Crippen molar-refractivity contribution in [3.63, 3.8) is 0 Å². The third kappa shape index (κ3) is 2.29. The van der Waals surface area contributed by atoms with Crippen LogP contribution < -0.4 is 11.2 Å². The van der Waals surface area contributed by atoms with Gasteiger partial charge in [-0.15, -0.1) is 0 Å². The van der Waals surface area contributed by atoms with Crippen molar-refractivity contribution in [2.75, 3.05) is 0 Å². The molecular weight excluding hydrogens is 330 g/mol. The highest BCUT2D eigenvalue weighted by Crippen LogP contribution is 2.45. The van der Waals surface area contributed by atoms with Crippen LogP contribution in [0.2, 0.25) is 0 Å². The lowest BCUT2D eigenvalue weighted by Gasteiger charge is -2.40. The van der Waals surface area contributed by atoms with Crippen LogP contribution in [0.15, 0.2) is 9.59 Å². The van der Waals surface area contributed by atoms with E-state index in [1.807, 2.05) is 11.3 Å². The summed E-state index contributed by atoms with van der Waals surface area (Å²) in [6, 6.07) is 0.345. The molecule has 1 fully saturated rings. The minimum absolute atomic E-state index is 0.278. The van der Waals surface area contributed by atoms with E-state index in [4.69, 9.17) is 4.98 Å². The normalized spacial score (nSPS) is 23.2. The van der Waals surface area contributed by atoms with Crippen molar-refractivity contribution in [2.24, 2.45) is 18.4 Å². The Morgan fingerprint density at radius 3 is 2.50 bits per heavy atom. The number of H-pyrrole nitrogens is 1. The van der Waals surface area contributed by atoms with Gasteiger partial charge >= 0.3 is 5.69 Å². The van der Waals surface area contributed by atoms with Gasteiger partial charge in [-0.3, -0.25) is 18.7 Å². The van der Waals surface area contributed by atoms with Gasteiger partial charge in [-0.1, -0.05) is 20.8 Å². The molecule has 140 valence electrons. The molecule has 7 nitrogen and oxygen atoms in total. The molecule has 0 bridgehead atoms. The molecule has 3 aromatic rings. The molecule has 0 amide bonds. The molecule has 0 aliphatic heterocycles. The lowest BCUT2D eigenvalue weighted by molar-refractivity contribution is 0.138. The van der Waals surface area contributed by atoms with Crippen LogP contribution in [0.4, 0.5) is 0 Å². The fraction of sp³-hybridized carbons (Fsp3) is 0.632. The summed E-state index contributed by atoms with van der Waals surface area (Å²) in [5.41, 5.74) is 2.49. The summed E-state index contributed by atoms with van der Waals surface area (Å²) in [6.07, 6.45) is 3.41. The first-order chi connectivity index (χ1) is 12.1. The molecule has 0 saturated heterocycles. The van der Waals surface area contributed by atoms with E-state index >= 15 is 0 Å². The first-order valence-corrected chi connectivity index (χ1v) is 9.29. The van der Waals surface area contributed by atoms with Gasteiger partial charge in [-0.05, 0) is 44.4 Å². The average molecular weight is 357 g/mol.